The molecule has 18 heavy (non-hydrogen) atoms. The van der Waals surface area contributed by atoms with E-state index in [0.29, 0.717) is 11.5 Å². The Labute approximate surface area is 116 Å². The Kier molecular flexibility index (Phi) is 3.57. The van der Waals surface area contributed by atoms with Gasteiger partial charge in [0.2, 0.25) is 0 Å². The molecule has 0 bridgehead atoms. The first-order valence-corrected chi connectivity index (χ1v) is 6.53. The van der Waals surface area contributed by atoms with Gasteiger partial charge in [0.15, 0.2) is 5.82 Å². The van der Waals surface area contributed by atoms with Crippen LogP contribution in [0.15, 0.2) is 28.9 Å². The van der Waals surface area contributed by atoms with Gasteiger partial charge in [-0.15, -0.1) is 0 Å². The molecule has 0 saturated carbocycles. The van der Waals surface area contributed by atoms with Crippen molar-refractivity contribution in [3.05, 3.63) is 45.6 Å². The number of nitrogens with one attached hydrogen (secondary N) is 1. The summed E-state index contributed by atoms with van der Waals surface area (Å²) >= 11 is 3.56. The SMILES string of the molecule is Cc1ccnc(Nc2cc(C)c(Br)c(C)c2)c1N. The van der Waals surface area contributed by atoms with Crippen LogP contribution in [0.2, 0.25) is 0 Å². The van der Waals surface area contributed by atoms with E-state index in [0.717, 1.165) is 15.7 Å². The van der Waals surface area contributed by atoms with Crippen LogP contribution in [-0.4, -0.2) is 4.98 Å². The topological polar surface area (TPSA) is 50.9 Å². The van der Waals surface area contributed by atoms with E-state index in [-0.39, 0.29) is 0 Å². The molecule has 0 aliphatic carbocycles. The summed E-state index contributed by atoms with van der Waals surface area (Å²) in [5, 5.41) is 3.26. The zero-order valence-electron chi connectivity index (χ0n) is 10.7. The summed E-state index contributed by atoms with van der Waals surface area (Å²) in [6.07, 6.45) is 1.76. The molecule has 0 fully saturated rings. The maximum absolute atomic E-state index is 6.00. The average Bonchev–Trinajstić information content (AvgIpc) is 2.32. The molecule has 0 unspecified atom stereocenters. The summed E-state index contributed by atoms with van der Waals surface area (Å²) in [6.45, 7) is 6.10. The Morgan fingerprint density at radius 3 is 2.33 bits per heavy atom. The lowest BCUT2D eigenvalue weighted by atomic mass is 10.1. The van der Waals surface area contributed by atoms with E-state index in [1.54, 1.807) is 6.20 Å². The second kappa shape index (κ2) is 4.98. The van der Waals surface area contributed by atoms with Crippen LogP contribution in [-0.2, 0) is 0 Å². The minimum Gasteiger partial charge on any atom is -0.396 e. The number of anilines is 3. The molecule has 3 N–H and O–H groups in total. The van der Waals surface area contributed by atoms with Gasteiger partial charge in [-0.1, -0.05) is 15.9 Å². The number of aromatic nitrogens is 1. The monoisotopic (exact) mass is 305 g/mol. The Bertz CT molecular complexity index is 571. The van der Waals surface area contributed by atoms with E-state index in [9.17, 15) is 0 Å². The second-order valence-electron chi connectivity index (χ2n) is 4.44. The number of hydrogen-bond acceptors (Lipinski definition) is 3. The highest BCUT2D eigenvalue weighted by Crippen LogP contribution is 2.28. The van der Waals surface area contributed by atoms with Crippen molar-refractivity contribution in [2.45, 2.75) is 20.8 Å². The number of nitrogens with two attached hydrogens (primary N) is 1. The van der Waals surface area contributed by atoms with Crippen molar-refractivity contribution in [2.75, 3.05) is 11.1 Å². The first kappa shape index (κ1) is 12.9. The zero-order valence-corrected chi connectivity index (χ0v) is 12.3. The van der Waals surface area contributed by atoms with Gasteiger partial charge in [-0.3, -0.25) is 0 Å². The van der Waals surface area contributed by atoms with Gasteiger partial charge in [0, 0.05) is 16.4 Å². The van der Waals surface area contributed by atoms with Crippen LogP contribution in [0.4, 0.5) is 17.2 Å². The number of rotatable bonds is 2. The Balaban J connectivity index is 2.37. The van der Waals surface area contributed by atoms with Crippen molar-refractivity contribution < 1.29 is 0 Å². The Morgan fingerprint density at radius 2 is 1.72 bits per heavy atom. The molecule has 0 aliphatic rings. The predicted molar refractivity (Wildman–Crippen MR) is 80.3 cm³/mol. The molecule has 4 heteroatoms. The molecule has 2 rings (SSSR count). The lowest BCUT2D eigenvalue weighted by Crippen LogP contribution is -2.01. The molecule has 94 valence electrons. The molecule has 0 radical (unpaired) electrons. The highest BCUT2D eigenvalue weighted by molar-refractivity contribution is 9.10. The van der Waals surface area contributed by atoms with Gasteiger partial charge < -0.3 is 11.1 Å². The maximum atomic E-state index is 6.00. The highest BCUT2D eigenvalue weighted by atomic mass is 79.9. The molecule has 0 saturated heterocycles. The third kappa shape index (κ3) is 2.48. The van der Waals surface area contributed by atoms with Gasteiger partial charge in [-0.25, -0.2) is 4.98 Å². The van der Waals surface area contributed by atoms with Gasteiger partial charge in [-0.2, -0.15) is 0 Å². The van der Waals surface area contributed by atoms with Crippen LogP contribution in [0.3, 0.4) is 0 Å². The third-order valence-electron chi connectivity index (χ3n) is 2.91. The molecule has 0 atom stereocenters. The van der Waals surface area contributed by atoms with Gasteiger partial charge in [0.05, 0.1) is 5.69 Å². The maximum Gasteiger partial charge on any atom is 0.153 e. The van der Waals surface area contributed by atoms with Crippen molar-refractivity contribution in [2.24, 2.45) is 0 Å². The second-order valence-corrected chi connectivity index (χ2v) is 5.23. The minimum absolute atomic E-state index is 0.690. The number of nitrogen functional groups attached to an aromatic ring is 1. The number of aryl methyl sites for hydroxylation is 3. The molecule has 1 heterocycles. The molecular weight excluding hydrogens is 290 g/mol. The average molecular weight is 306 g/mol. The van der Waals surface area contributed by atoms with Crippen LogP contribution in [0, 0.1) is 20.8 Å². The fourth-order valence-corrected chi connectivity index (χ4v) is 2.05. The molecule has 0 spiro atoms. The molecule has 0 aliphatic heterocycles. The summed E-state index contributed by atoms with van der Waals surface area (Å²) in [4.78, 5) is 4.27. The first-order chi connectivity index (χ1) is 8.49. The van der Waals surface area contributed by atoms with E-state index in [1.807, 2.05) is 13.0 Å². The van der Waals surface area contributed by atoms with Crippen LogP contribution < -0.4 is 11.1 Å². The summed E-state index contributed by atoms with van der Waals surface area (Å²) in [5.41, 5.74) is 11.1. The van der Waals surface area contributed by atoms with Crippen LogP contribution >= 0.6 is 15.9 Å². The Morgan fingerprint density at radius 1 is 1.11 bits per heavy atom. The summed E-state index contributed by atoms with van der Waals surface area (Å²) in [5.74, 6) is 0.705. The van der Waals surface area contributed by atoms with E-state index in [2.05, 4.69) is 52.2 Å². The number of hydrogen-bond donors (Lipinski definition) is 2. The van der Waals surface area contributed by atoms with Gasteiger partial charge in [0.1, 0.15) is 0 Å². The lowest BCUT2D eigenvalue weighted by molar-refractivity contribution is 1.27. The van der Waals surface area contributed by atoms with Gasteiger partial charge in [0.25, 0.3) is 0 Å². The number of pyridine rings is 1. The molecule has 3 nitrogen and oxygen atoms in total. The fraction of sp³-hybridized carbons (Fsp3) is 0.214. The van der Waals surface area contributed by atoms with E-state index >= 15 is 0 Å². The van der Waals surface area contributed by atoms with E-state index in [1.165, 1.54) is 11.1 Å². The van der Waals surface area contributed by atoms with Crippen LogP contribution in [0.5, 0.6) is 0 Å². The molecule has 0 amide bonds. The van der Waals surface area contributed by atoms with Crippen molar-refractivity contribution in [3.8, 4) is 0 Å². The fourth-order valence-electron chi connectivity index (χ4n) is 1.82. The summed E-state index contributed by atoms with van der Waals surface area (Å²) in [7, 11) is 0. The molecular formula is C14H16BrN3. The van der Waals surface area contributed by atoms with Crippen LogP contribution in [0.1, 0.15) is 16.7 Å². The highest BCUT2D eigenvalue weighted by Gasteiger charge is 2.06. The van der Waals surface area contributed by atoms with Crippen molar-refractivity contribution in [1.82, 2.24) is 4.98 Å². The molecule has 1 aromatic heterocycles. The van der Waals surface area contributed by atoms with Crippen molar-refractivity contribution >= 4 is 33.1 Å². The normalized spacial score (nSPS) is 10.4. The Hall–Kier alpha value is -1.55. The summed E-state index contributed by atoms with van der Waals surface area (Å²) < 4.78 is 1.14. The third-order valence-corrected chi connectivity index (χ3v) is 4.16. The number of benzene rings is 1. The smallest absolute Gasteiger partial charge is 0.153 e. The minimum atomic E-state index is 0.690. The van der Waals surface area contributed by atoms with E-state index < -0.39 is 0 Å². The number of halogens is 1. The van der Waals surface area contributed by atoms with Gasteiger partial charge in [-0.05, 0) is 55.7 Å². The van der Waals surface area contributed by atoms with Crippen molar-refractivity contribution in [3.63, 3.8) is 0 Å². The first-order valence-electron chi connectivity index (χ1n) is 5.74. The van der Waals surface area contributed by atoms with Crippen LogP contribution in [0.25, 0.3) is 0 Å². The molecule has 2 aromatic rings. The zero-order chi connectivity index (χ0) is 13.3. The quantitative estimate of drug-likeness (QED) is 0.878. The van der Waals surface area contributed by atoms with Gasteiger partial charge >= 0.3 is 0 Å². The number of nitrogens with zero attached hydrogens (tertiary/aromatic N) is 1. The predicted octanol–water partition coefficient (Wildman–Crippen LogP) is 4.10. The summed E-state index contributed by atoms with van der Waals surface area (Å²) in [6, 6.07) is 6.04. The van der Waals surface area contributed by atoms with Crippen molar-refractivity contribution in [1.29, 1.82) is 0 Å². The molecule has 1 aromatic carbocycles. The standard InChI is InChI=1S/C14H16BrN3/c1-8-4-5-17-14(13(8)16)18-11-6-9(2)12(15)10(3)7-11/h4-7H,16H2,1-3H3,(H,17,18). The van der Waals surface area contributed by atoms with E-state index in [4.69, 9.17) is 5.73 Å². The largest absolute Gasteiger partial charge is 0.396 e. The lowest BCUT2D eigenvalue weighted by Gasteiger charge is -2.12.